The number of para-hydroxylation sites is 1. The number of ketones is 1. The molecule has 1 heterocycles. The van der Waals surface area contributed by atoms with E-state index in [2.05, 4.69) is 4.98 Å². The van der Waals surface area contributed by atoms with E-state index in [1.54, 1.807) is 18.2 Å². The largest absolute Gasteiger partial charge is 0.292 e. The molecule has 4 heteroatoms. The maximum atomic E-state index is 12.7. The number of benzene rings is 2. The second-order valence-corrected chi connectivity index (χ2v) is 5.89. The third-order valence-electron chi connectivity index (χ3n) is 4.00. The molecule has 0 radical (unpaired) electrons. The number of carbonyl (C=O) groups excluding carboxylic acids is 1. The summed E-state index contributed by atoms with van der Waals surface area (Å²) >= 11 is 0. The van der Waals surface area contributed by atoms with Crippen molar-refractivity contribution in [2.45, 2.75) is 27.3 Å². The molecule has 0 aliphatic carbocycles. The van der Waals surface area contributed by atoms with Crippen LogP contribution in [0.25, 0.3) is 10.9 Å². The highest BCUT2D eigenvalue weighted by Gasteiger charge is 2.15. The van der Waals surface area contributed by atoms with Gasteiger partial charge >= 0.3 is 0 Å². The molecule has 0 amide bonds. The molecule has 0 saturated heterocycles. The lowest BCUT2D eigenvalue weighted by Gasteiger charge is -2.11. The molecule has 0 atom stereocenters. The van der Waals surface area contributed by atoms with Crippen LogP contribution in [0.5, 0.6) is 0 Å². The summed E-state index contributed by atoms with van der Waals surface area (Å²) in [6.07, 6.45) is 1.45. The third kappa shape index (κ3) is 2.80. The maximum Gasteiger partial charge on any atom is 0.261 e. The minimum Gasteiger partial charge on any atom is -0.292 e. The first-order valence-electron chi connectivity index (χ1n) is 7.52. The van der Waals surface area contributed by atoms with Crippen molar-refractivity contribution in [3.05, 3.63) is 75.3 Å². The molecule has 0 saturated carbocycles. The van der Waals surface area contributed by atoms with Crippen molar-refractivity contribution < 1.29 is 4.79 Å². The van der Waals surface area contributed by atoms with Gasteiger partial charge in [-0.25, -0.2) is 4.98 Å². The average molecular weight is 306 g/mol. The number of carbonyl (C=O) groups is 1. The van der Waals surface area contributed by atoms with Crippen molar-refractivity contribution >= 4 is 16.7 Å². The molecule has 4 nitrogen and oxygen atoms in total. The fraction of sp³-hybridized carbons (Fsp3) is 0.211. The molecule has 1 aromatic heterocycles. The van der Waals surface area contributed by atoms with Crippen LogP contribution in [0.3, 0.4) is 0 Å². The summed E-state index contributed by atoms with van der Waals surface area (Å²) in [4.78, 5) is 29.4. The Balaban J connectivity index is 2.01. The van der Waals surface area contributed by atoms with Gasteiger partial charge in [-0.1, -0.05) is 29.8 Å². The Kier molecular flexibility index (Phi) is 3.82. The standard InChI is InChI=1S/C19H18N2O2/c1-12-8-13(2)18(14(3)9-12)17(22)10-21-11-20-16-7-5-4-6-15(16)19(21)23/h4-9,11H,10H2,1-3H3. The molecule has 3 rings (SSSR count). The van der Waals surface area contributed by atoms with E-state index in [0.717, 1.165) is 16.7 Å². The van der Waals surface area contributed by atoms with E-state index >= 15 is 0 Å². The monoisotopic (exact) mass is 306 g/mol. The lowest BCUT2D eigenvalue weighted by atomic mass is 9.96. The molecule has 23 heavy (non-hydrogen) atoms. The van der Waals surface area contributed by atoms with Crippen molar-refractivity contribution in [1.82, 2.24) is 9.55 Å². The van der Waals surface area contributed by atoms with E-state index in [1.807, 2.05) is 39.0 Å². The van der Waals surface area contributed by atoms with Gasteiger partial charge in [0.1, 0.15) is 0 Å². The molecule has 0 spiro atoms. The zero-order chi connectivity index (χ0) is 16.6. The lowest BCUT2D eigenvalue weighted by Crippen LogP contribution is -2.25. The number of fused-ring (bicyclic) bond motifs is 1. The molecular formula is C19H18N2O2. The van der Waals surface area contributed by atoms with E-state index in [-0.39, 0.29) is 17.9 Å². The number of nitrogens with zero attached hydrogens (tertiary/aromatic N) is 2. The Bertz CT molecular complexity index is 948. The van der Waals surface area contributed by atoms with Gasteiger partial charge in [-0.2, -0.15) is 0 Å². The van der Waals surface area contributed by atoms with Crippen molar-refractivity contribution in [1.29, 1.82) is 0 Å². The third-order valence-corrected chi connectivity index (χ3v) is 4.00. The van der Waals surface area contributed by atoms with Crippen molar-refractivity contribution in [3.8, 4) is 0 Å². The summed E-state index contributed by atoms with van der Waals surface area (Å²) in [6.45, 7) is 5.86. The summed E-state index contributed by atoms with van der Waals surface area (Å²) in [5, 5.41) is 0.528. The highest BCUT2D eigenvalue weighted by atomic mass is 16.1. The molecular weight excluding hydrogens is 288 g/mol. The molecule has 0 bridgehead atoms. The molecule has 116 valence electrons. The number of rotatable bonds is 3. The first kappa shape index (κ1) is 15.2. The van der Waals surface area contributed by atoms with Gasteiger partial charge in [0.05, 0.1) is 23.8 Å². The van der Waals surface area contributed by atoms with Crippen LogP contribution in [0, 0.1) is 20.8 Å². The van der Waals surface area contributed by atoms with E-state index in [1.165, 1.54) is 10.9 Å². The average Bonchev–Trinajstić information content (AvgIpc) is 2.49. The van der Waals surface area contributed by atoms with Crippen molar-refractivity contribution in [2.75, 3.05) is 0 Å². The summed E-state index contributed by atoms with van der Waals surface area (Å²) in [5.41, 5.74) is 4.15. The van der Waals surface area contributed by atoms with E-state index in [0.29, 0.717) is 16.5 Å². The minimum atomic E-state index is -0.189. The Hall–Kier alpha value is -2.75. The quantitative estimate of drug-likeness (QED) is 0.698. The zero-order valence-corrected chi connectivity index (χ0v) is 13.5. The second kappa shape index (κ2) is 5.80. The van der Waals surface area contributed by atoms with Crippen LogP contribution in [-0.2, 0) is 6.54 Å². The molecule has 0 aliphatic heterocycles. The van der Waals surface area contributed by atoms with Gasteiger partial charge in [-0.05, 0) is 44.0 Å². The number of hydrogen-bond acceptors (Lipinski definition) is 3. The summed E-state index contributed by atoms with van der Waals surface area (Å²) in [6, 6.07) is 11.1. The maximum absolute atomic E-state index is 12.7. The Morgan fingerprint density at radius 3 is 2.43 bits per heavy atom. The smallest absolute Gasteiger partial charge is 0.261 e. The Morgan fingerprint density at radius 2 is 1.74 bits per heavy atom. The van der Waals surface area contributed by atoms with Gasteiger partial charge < -0.3 is 0 Å². The fourth-order valence-corrected chi connectivity index (χ4v) is 3.07. The zero-order valence-electron chi connectivity index (χ0n) is 13.5. The Morgan fingerprint density at radius 1 is 1.09 bits per heavy atom. The van der Waals surface area contributed by atoms with Gasteiger partial charge in [-0.3, -0.25) is 14.2 Å². The summed E-state index contributed by atoms with van der Waals surface area (Å²) in [7, 11) is 0. The van der Waals surface area contributed by atoms with Gasteiger partial charge in [0.25, 0.3) is 5.56 Å². The van der Waals surface area contributed by atoms with Crippen LogP contribution in [0.2, 0.25) is 0 Å². The topological polar surface area (TPSA) is 52.0 Å². The SMILES string of the molecule is Cc1cc(C)c(C(=O)Cn2cnc3ccccc3c2=O)c(C)c1. The van der Waals surface area contributed by atoms with E-state index < -0.39 is 0 Å². The second-order valence-electron chi connectivity index (χ2n) is 5.89. The normalized spacial score (nSPS) is 10.9. The summed E-state index contributed by atoms with van der Waals surface area (Å²) in [5.74, 6) is -0.0702. The highest BCUT2D eigenvalue weighted by molar-refractivity contribution is 5.98. The predicted octanol–water partition coefficient (Wildman–Crippen LogP) is 3.20. The predicted molar refractivity (Wildman–Crippen MR) is 91.0 cm³/mol. The summed E-state index contributed by atoms with van der Waals surface area (Å²) < 4.78 is 1.38. The molecule has 0 fully saturated rings. The van der Waals surface area contributed by atoms with Gasteiger partial charge in [0.2, 0.25) is 0 Å². The van der Waals surface area contributed by atoms with Gasteiger partial charge in [0, 0.05) is 5.56 Å². The number of aromatic nitrogens is 2. The van der Waals surface area contributed by atoms with Gasteiger partial charge in [0.15, 0.2) is 5.78 Å². The first-order valence-corrected chi connectivity index (χ1v) is 7.52. The first-order chi connectivity index (χ1) is 11.0. The fourth-order valence-electron chi connectivity index (χ4n) is 3.07. The van der Waals surface area contributed by atoms with Crippen LogP contribution in [-0.4, -0.2) is 15.3 Å². The lowest BCUT2D eigenvalue weighted by molar-refractivity contribution is 0.0969. The minimum absolute atomic E-state index is 0.00140. The Labute approximate surface area is 134 Å². The molecule has 0 unspecified atom stereocenters. The number of hydrogen-bond donors (Lipinski definition) is 0. The molecule has 2 aromatic carbocycles. The van der Waals surface area contributed by atoms with Crippen LogP contribution in [0.4, 0.5) is 0 Å². The molecule has 3 aromatic rings. The number of aryl methyl sites for hydroxylation is 3. The highest BCUT2D eigenvalue weighted by Crippen LogP contribution is 2.17. The van der Waals surface area contributed by atoms with Crippen LogP contribution >= 0.6 is 0 Å². The van der Waals surface area contributed by atoms with Crippen LogP contribution in [0.1, 0.15) is 27.0 Å². The van der Waals surface area contributed by atoms with Crippen molar-refractivity contribution in [3.63, 3.8) is 0 Å². The van der Waals surface area contributed by atoms with Gasteiger partial charge in [-0.15, -0.1) is 0 Å². The molecule has 0 N–H and O–H groups in total. The van der Waals surface area contributed by atoms with Crippen molar-refractivity contribution in [2.24, 2.45) is 0 Å². The van der Waals surface area contributed by atoms with E-state index in [4.69, 9.17) is 0 Å². The van der Waals surface area contributed by atoms with E-state index in [9.17, 15) is 9.59 Å². The van der Waals surface area contributed by atoms with Crippen LogP contribution in [0.15, 0.2) is 47.5 Å². The van der Waals surface area contributed by atoms with Crippen LogP contribution < -0.4 is 5.56 Å². The molecule has 0 aliphatic rings. The number of Topliss-reactive ketones (excluding diaryl/α,β-unsaturated/α-hetero) is 1.